The first-order valence-electron chi connectivity index (χ1n) is 10.9. The van der Waals surface area contributed by atoms with E-state index >= 15 is 0 Å². The van der Waals surface area contributed by atoms with Crippen LogP contribution in [0.4, 0.5) is 10.3 Å². The summed E-state index contributed by atoms with van der Waals surface area (Å²) < 4.78 is 27.4. The molecule has 2 aliphatic rings. The number of rotatable bonds is 6. The molecule has 166 valence electrons. The Morgan fingerprint density at radius 1 is 1.19 bits per heavy atom. The summed E-state index contributed by atoms with van der Waals surface area (Å²) in [6.07, 6.45) is 5.35. The second-order valence-corrected chi connectivity index (χ2v) is 8.32. The van der Waals surface area contributed by atoms with Crippen molar-refractivity contribution in [3.8, 4) is 17.0 Å². The minimum Gasteiger partial charge on any atom is -0.493 e. The smallest absolute Gasteiger partial charge is 0.255 e. The highest BCUT2D eigenvalue weighted by Gasteiger charge is 2.29. The van der Waals surface area contributed by atoms with Gasteiger partial charge in [-0.1, -0.05) is 0 Å². The Morgan fingerprint density at radius 3 is 2.78 bits per heavy atom. The van der Waals surface area contributed by atoms with Crippen LogP contribution in [0.25, 0.3) is 11.3 Å². The van der Waals surface area contributed by atoms with Crippen molar-refractivity contribution in [1.29, 1.82) is 0 Å². The number of nitrogens with zero attached hydrogens (tertiary/aromatic N) is 4. The Bertz CT molecular complexity index is 1160. The minimum absolute atomic E-state index is 0.139. The molecule has 0 amide bonds. The van der Waals surface area contributed by atoms with Gasteiger partial charge in [-0.2, -0.15) is 0 Å². The number of hydrogen-bond donors (Lipinski definition) is 0. The monoisotopic (exact) mass is 436 g/mol. The molecule has 7 nitrogen and oxygen atoms in total. The lowest BCUT2D eigenvalue weighted by Crippen LogP contribution is -2.41. The average Bonchev–Trinajstić information content (AvgIpc) is 3.65. The zero-order valence-electron chi connectivity index (χ0n) is 17.9. The van der Waals surface area contributed by atoms with E-state index in [1.807, 2.05) is 17.0 Å². The van der Waals surface area contributed by atoms with Crippen molar-refractivity contribution >= 4 is 5.95 Å². The third kappa shape index (κ3) is 4.36. The molecular weight excluding hydrogens is 411 g/mol. The van der Waals surface area contributed by atoms with E-state index in [0.29, 0.717) is 49.6 Å². The SMILES string of the molecule is Cn1c(N2CCOC(c3ccc(F)cc3OCC3CC3)C2)nc(-c2ccncc2)cc1=O. The molecule has 1 unspecified atom stereocenters. The quantitative estimate of drug-likeness (QED) is 0.590. The maximum absolute atomic E-state index is 13.9. The summed E-state index contributed by atoms with van der Waals surface area (Å²) in [6, 6.07) is 9.77. The highest BCUT2D eigenvalue weighted by atomic mass is 19.1. The van der Waals surface area contributed by atoms with Crippen LogP contribution >= 0.6 is 0 Å². The van der Waals surface area contributed by atoms with Gasteiger partial charge < -0.3 is 14.4 Å². The fraction of sp³-hybridized carbons (Fsp3) is 0.375. The molecular formula is C24H25FN4O3. The first kappa shape index (κ1) is 20.6. The standard InChI is InChI=1S/C24H25FN4O3/c1-28-23(30)13-20(17-6-8-26-9-7-17)27-24(28)29-10-11-31-22(14-29)19-5-4-18(25)12-21(19)32-15-16-2-3-16/h4-9,12-13,16,22H,2-3,10-11,14-15H2,1H3. The maximum atomic E-state index is 13.9. The molecule has 0 bridgehead atoms. The van der Waals surface area contributed by atoms with Crippen LogP contribution in [0.1, 0.15) is 24.5 Å². The molecule has 8 heteroatoms. The molecule has 1 atom stereocenters. The van der Waals surface area contributed by atoms with E-state index in [1.165, 1.54) is 18.2 Å². The Labute approximate surface area is 185 Å². The summed E-state index contributed by atoms with van der Waals surface area (Å²) >= 11 is 0. The van der Waals surface area contributed by atoms with Gasteiger partial charge in [-0.3, -0.25) is 14.3 Å². The van der Waals surface area contributed by atoms with Crippen LogP contribution in [-0.4, -0.2) is 40.8 Å². The fourth-order valence-electron chi connectivity index (χ4n) is 3.89. The van der Waals surface area contributed by atoms with Crippen molar-refractivity contribution in [2.75, 3.05) is 31.2 Å². The van der Waals surface area contributed by atoms with Crippen molar-refractivity contribution in [1.82, 2.24) is 14.5 Å². The topological polar surface area (TPSA) is 69.5 Å². The number of pyridine rings is 1. The second-order valence-electron chi connectivity index (χ2n) is 8.32. The molecule has 2 fully saturated rings. The van der Waals surface area contributed by atoms with Crippen molar-refractivity contribution < 1.29 is 13.9 Å². The van der Waals surface area contributed by atoms with Gasteiger partial charge in [0.25, 0.3) is 5.56 Å². The number of halogens is 1. The van der Waals surface area contributed by atoms with Gasteiger partial charge in [0.2, 0.25) is 5.95 Å². The summed E-state index contributed by atoms with van der Waals surface area (Å²) in [5.41, 5.74) is 2.11. The van der Waals surface area contributed by atoms with E-state index in [1.54, 1.807) is 30.1 Å². The van der Waals surface area contributed by atoms with Crippen molar-refractivity contribution in [3.63, 3.8) is 0 Å². The van der Waals surface area contributed by atoms with Gasteiger partial charge >= 0.3 is 0 Å². The first-order chi connectivity index (χ1) is 15.6. The number of ether oxygens (including phenoxy) is 2. The van der Waals surface area contributed by atoms with Crippen molar-refractivity contribution in [2.24, 2.45) is 13.0 Å². The molecule has 1 aliphatic carbocycles. The molecule has 0 N–H and O–H groups in total. The lowest BCUT2D eigenvalue weighted by Gasteiger charge is -2.35. The molecule has 1 saturated heterocycles. The molecule has 2 aromatic heterocycles. The van der Waals surface area contributed by atoms with E-state index in [4.69, 9.17) is 14.5 Å². The molecule has 3 aromatic rings. The Morgan fingerprint density at radius 2 is 2.00 bits per heavy atom. The van der Waals surface area contributed by atoms with Crippen LogP contribution in [0.2, 0.25) is 0 Å². The largest absolute Gasteiger partial charge is 0.493 e. The minimum atomic E-state index is -0.332. The van der Waals surface area contributed by atoms with Gasteiger partial charge in [-0.05, 0) is 43.0 Å². The zero-order valence-corrected chi connectivity index (χ0v) is 17.9. The van der Waals surface area contributed by atoms with Crippen LogP contribution in [0.15, 0.2) is 53.6 Å². The number of aromatic nitrogens is 3. The van der Waals surface area contributed by atoms with Gasteiger partial charge in [-0.15, -0.1) is 0 Å². The third-order valence-electron chi connectivity index (χ3n) is 5.93. The molecule has 1 aromatic carbocycles. The van der Waals surface area contributed by atoms with Crippen LogP contribution in [0.3, 0.4) is 0 Å². The molecule has 32 heavy (non-hydrogen) atoms. The average molecular weight is 436 g/mol. The van der Waals surface area contributed by atoms with Gasteiger partial charge in [0.05, 0.1) is 25.5 Å². The fourth-order valence-corrected chi connectivity index (χ4v) is 3.89. The number of hydrogen-bond acceptors (Lipinski definition) is 6. The zero-order chi connectivity index (χ0) is 22.1. The van der Waals surface area contributed by atoms with Crippen molar-refractivity contribution in [2.45, 2.75) is 18.9 Å². The second kappa shape index (κ2) is 8.70. The summed E-state index contributed by atoms with van der Waals surface area (Å²) in [5, 5.41) is 0. The van der Waals surface area contributed by atoms with Gasteiger partial charge in [0, 0.05) is 49.2 Å². The van der Waals surface area contributed by atoms with E-state index < -0.39 is 0 Å². The van der Waals surface area contributed by atoms with Gasteiger partial charge in [-0.25, -0.2) is 9.37 Å². The van der Waals surface area contributed by atoms with E-state index in [9.17, 15) is 9.18 Å². The van der Waals surface area contributed by atoms with Crippen LogP contribution < -0.4 is 15.2 Å². The summed E-state index contributed by atoms with van der Waals surface area (Å²) in [6.45, 7) is 2.12. The van der Waals surface area contributed by atoms with E-state index in [2.05, 4.69) is 4.98 Å². The van der Waals surface area contributed by atoms with Crippen molar-refractivity contribution in [3.05, 3.63) is 70.5 Å². The van der Waals surface area contributed by atoms with Gasteiger partial charge in [0.1, 0.15) is 17.7 Å². The molecule has 3 heterocycles. The normalized spacial score (nSPS) is 18.6. The summed E-state index contributed by atoms with van der Waals surface area (Å²) in [4.78, 5) is 23.5. The van der Waals surface area contributed by atoms with Crippen LogP contribution in [0.5, 0.6) is 5.75 Å². The Hall–Kier alpha value is -3.26. The highest BCUT2D eigenvalue weighted by Crippen LogP contribution is 2.35. The number of benzene rings is 1. The number of morpholine rings is 1. The molecule has 5 rings (SSSR count). The number of anilines is 1. The maximum Gasteiger partial charge on any atom is 0.255 e. The van der Waals surface area contributed by atoms with Crippen LogP contribution in [-0.2, 0) is 11.8 Å². The predicted molar refractivity (Wildman–Crippen MR) is 118 cm³/mol. The first-order valence-corrected chi connectivity index (χ1v) is 10.9. The molecule has 1 aliphatic heterocycles. The van der Waals surface area contributed by atoms with E-state index in [-0.39, 0.29) is 17.5 Å². The predicted octanol–water partition coefficient (Wildman–Crippen LogP) is 3.35. The van der Waals surface area contributed by atoms with Gasteiger partial charge in [0.15, 0.2) is 0 Å². The molecule has 0 spiro atoms. The lowest BCUT2D eigenvalue weighted by atomic mass is 10.1. The Balaban J connectivity index is 1.43. The third-order valence-corrected chi connectivity index (χ3v) is 5.93. The molecule has 1 saturated carbocycles. The van der Waals surface area contributed by atoms with Crippen LogP contribution in [0, 0.1) is 11.7 Å². The Kier molecular flexibility index (Phi) is 5.61. The summed E-state index contributed by atoms with van der Waals surface area (Å²) in [7, 11) is 1.72. The van der Waals surface area contributed by atoms with E-state index in [0.717, 1.165) is 24.0 Å². The molecule has 0 radical (unpaired) electrons. The summed E-state index contributed by atoms with van der Waals surface area (Å²) in [5.74, 6) is 1.32. The highest BCUT2D eigenvalue weighted by molar-refractivity contribution is 5.59. The lowest BCUT2D eigenvalue weighted by molar-refractivity contribution is 0.0369.